The van der Waals surface area contributed by atoms with E-state index in [4.69, 9.17) is 4.74 Å². The Hall–Kier alpha value is -2.09. The van der Waals surface area contributed by atoms with Crippen LogP contribution in [0.15, 0.2) is 36.4 Å². The van der Waals surface area contributed by atoms with Gasteiger partial charge in [0.2, 0.25) is 0 Å². The summed E-state index contributed by atoms with van der Waals surface area (Å²) in [4.78, 5) is 10.8. The van der Waals surface area contributed by atoms with Crippen molar-refractivity contribution in [2.24, 2.45) is 0 Å². The molecule has 0 aliphatic carbocycles. The molecule has 0 radical (unpaired) electrons. The summed E-state index contributed by atoms with van der Waals surface area (Å²) in [5.41, 5.74) is 5.28. The molecule has 0 amide bonds. The van der Waals surface area contributed by atoms with Crippen LogP contribution in [0.5, 0.6) is 5.75 Å². The van der Waals surface area contributed by atoms with E-state index in [-0.39, 0.29) is 0 Å². The number of aryl methyl sites for hydroxylation is 2. The van der Waals surface area contributed by atoms with Crippen LogP contribution in [0.1, 0.15) is 21.5 Å². The molecule has 0 saturated heterocycles. The number of methoxy groups -OCH3 is 1. The van der Waals surface area contributed by atoms with Crippen molar-refractivity contribution >= 4 is 6.29 Å². The molecule has 92 valence electrons. The topological polar surface area (TPSA) is 26.3 Å². The Morgan fingerprint density at radius 1 is 1.00 bits per heavy atom. The average Bonchev–Trinajstić information content (AvgIpc) is 2.38. The molecule has 0 atom stereocenters. The van der Waals surface area contributed by atoms with Gasteiger partial charge in [0.25, 0.3) is 0 Å². The van der Waals surface area contributed by atoms with Gasteiger partial charge in [0.15, 0.2) is 0 Å². The van der Waals surface area contributed by atoms with Gasteiger partial charge < -0.3 is 4.74 Å². The Kier molecular flexibility index (Phi) is 3.47. The van der Waals surface area contributed by atoms with E-state index in [1.54, 1.807) is 7.11 Å². The average molecular weight is 240 g/mol. The molecule has 0 N–H and O–H groups in total. The minimum absolute atomic E-state index is 0.724. The van der Waals surface area contributed by atoms with E-state index < -0.39 is 0 Å². The molecule has 0 saturated carbocycles. The lowest BCUT2D eigenvalue weighted by Gasteiger charge is -2.11. The number of carbonyl (C=O) groups excluding carboxylic acids is 1. The zero-order chi connectivity index (χ0) is 13.1. The third-order valence-corrected chi connectivity index (χ3v) is 3.07. The quantitative estimate of drug-likeness (QED) is 0.763. The van der Waals surface area contributed by atoms with Gasteiger partial charge in [-0.2, -0.15) is 0 Å². The van der Waals surface area contributed by atoms with E-state index in [9.17, 15) is 4.79 Å². The fraction of sp³-hybridized carbons (Fsp3) is 0.188. The van der Waals surface area contributed by atoms with Crippen LogP contribution in [0.2, 0.25) is 0 Å². The van der Waals surface area contributed by atoms with Crippen molar-refractivity contribution in [3.8, 4) is 16.9 Å². The third kappa shape index (κ3) is 2.28. The van der Waals surface area contributed by atoms with Crippen molar-refractivity contribution in [1.29, 1.82) is 0 Å². The molecule has 0 heterocycles. The van der Waals surface area contributed by atoms with Crippen LogP contribution in [0.3, 0.4) is 0 Å². The number of ether oxygens (including phenoxy) is 1. The van der Waals surface area contributed by atoms with Crippen molar-refractivity contribution in [2.45, 2.75) is 13.8 Å². The van der Waals surface area contributed by atoms with E-state index >= 15 is 0 Å². The van der Waals surface area contributed by atoms with Gasteiger partial charge in [-0.1, -0.05) is 12.1 Å². The summed E-state index contributed by atoms with van der Waals surface area (Å²) in [5, 5.41) is 0. The van der Waals surface area contributed by atoms with Gasteiger partial charge in [0.05, 0.1) is 7.11 Å². The first kappa shape index (κ1) is 12.4. The van der Waals surface area contributed by atoms with Crippen LogP contribution in [-0.2, 0) is 0 Å². The summed E-state index contributed by atoms with van der Waals surface area (Å²) < 4.78 is 5.16. The molecule has 0 fully saturated rings. The number of hydrogen-bond donors (Lipinski definition) is 0. The maximum atomic E-state index is 10.8. The van der Waals surface area contributed by atoms with Crippen LogP contribution in [0, 0.1) is 13.8 Å². The number of rotatable bonds is 3. The highest BCUT2D eigenvalue weighted by atomic mass is 16.5. The predicted octanol–water partition coefficient (Wildman–Crippen LogP) is 3.79. The molecule has 2 rings (SSSR count). The molecule has 2 aromatic carbocycles. The fourth-order valence-electron chi connectivity index (χ4n) is 2.28. The lowest BCUT2D eigenvalue weighted by Crippen LogP contribution is -1.92. The summed E-state index contributed by atoms with van der Waals surface area (Å²) in [5.74, 6) is 0.846. The van der Waals surface area contributed by atoms with E-state index in [1.807, 2.05) is 50.2 Å². The normalized spacial score (nSPS) is 10.2. The molecule has 2 nitrogen and oxygen atoms in total. The first-order chi connectivity index (χ1) is 8.65. The van der Waals surface area contributed by atoms with Gasteiger partial charge in [0, 0.05) is 5.56 Å². The van der Waals surface area contributed by atoms with Crippen LogP contribution < -0.4 is 4.74 Å². The lowest BCUT2D eigenvalue weighted by atomic mass is 9.94. The summed E-state index contributed by atoms with van der Waals surface area (Å²) >= 11 is 0. The molecule has 18 heavy (non-hydrogen) atoms. The van der Waals surface area contributed by atoms with Gasteiger partial charge in [0.1, 0.15) is 12.0 Å². The maximum Gasteiger partial charge on any atom is 0.150 e. The number of benzene rings is 2. The second-order valence-corrected chi connectivity index (χ2v) is 4.38. The van der Waals surface area contributed by atoms with Crippen LogP contribution in [0.25, 0.3) is 11.1 Å². The Balaban J connectivity index is 2.52. The number of hydrogen-bond acceptors (Lipinski definition) is 2. The molecule has 0 unspecified atom stereocenters. The number of carbonyl (C=O) groups is 1. The largest absolute Gasteiger partial charge is 0.497 e. The first-order valence-electron chi connectivity index (χ1n) is 5.86. The molecule has 2 aromatic rings. The Morgan fingerprint density at radius 2 is 1.56 bits per heavy atom. The smallest absolute Gasteiger partial charge is 0.150 e. The van der Waals surface area contributed by atoms with Crippen molar-refractivity contribution < 1.29 is 9.53 Å². The highest BCUT2D eigenvalue weighted by Gasteiger charge is 2.07. The van der Waals surface area contributed by atoms with E-state index in [0.29, 0.717) is 0 Å². The van der Waals surface area contributed by atoms with Gasteiger partial charge >= 0.3 is 0 Å². The Bertz CT molecular complexity index is 545. The predicted molar refractivity (Wildman–Crippen MR) is 73.3 cm³/mol. The summed E-state index contributed by atoms with van der Waals surface area (Å²) in [6, 6.07) is 11.8. The monoisotopic (exact) mass is 240 g/mol. The summed E-state index contributed by atoms with van der Waals surface area (Å²) in [7, 11) is 1.66. The van der Waals surface area contributed by atoms with E-state index in [2.05, 4.69) is 0 Å². The van der Waals surface area contributed by atoms with Crippen molar-refractivity contribution in [3.05, 3.63) is 53.1 Å². The minimum Gasteiger partial charge on any atom is -0.497 e. The molecular weight excluding hydrogens is 224 g/mol. The second-order valence-electron chi connectivity index (χ2n) is 4.38. The van der Waals surface area contributed by atoms with Gasteiger partial charge in [-0.25, -0.2) is 0 Å². The van der Waals surface area contributed by atoms with Crippen molar-refractivity contribution in [1.82, 2.24) is 0 Å². The minimum atomic E-state index is 0.724. The first-order valence-corrected chi connectivity index (χ1v) is 5.86. The molecule has 0 spiro atoms. The van der Waals surface area contributed by atoms with Crippen molar-refractivity contribution in [3.63, 3.8) is 0 Å². The molecule has 2 heteroatoms. The lowest BCUT2D eigenvalue weighted by molar-refractivity contribution is 0.112. The zero-order valence-electron chi connectivity index (χ0n) is 10.9. The Morgan fingerprint density at radius 3 is 2.00 bits per heavy atom. The van der Waals surface area contributed by atoms with Crippen LogP contribution in [0.4, 0.5) is 0 Å². The van der Waals surface area contributed by atoms with Crippen LogP contribution >= 0.6 is 0 Å². The summed E-state index contributed by atoms with van der Waals surface area (Å²) in [6.45, 7) is 4.05. The van der Waals surface area contributed by atoms with Gasteiger partial charge in [-0.3, -0.25) is 4.79 Å². The fourth-order valence-corrected chi connectivity index (χ4v) is 2.28. The van der Waals surface area contributed by atoms with Gasteiger partial charge in [-0.15, -0.1) is 0 Å². The van der Waals surface area contributed by atoms with Crippen LogP contribution in [-0.4, -0.2) is 13.4 Å². The van der Waals surface area contributed by atoms with Gasteiger partial charge in [-0.05, 0) is 60.4 Å². The zero-order valence-corrected chi connectivity index (χ0v) is 10.9. The number of aldehydes is 1. The standard InChI is InChI=1S/C16H16O2/c1-11-8-13(10-17)9-12(2)16(11)14-4-6-15(18-3)7-5-14/h4-10H,1-3H3. The molecular formula is C16H16O2. The highest BCUT2D eigenvalue weighted by molar-refractivity contribution is 5.80. The second kappa shape index (κ2) is 5.05. The Labute approximate surface area is 107 Å². The summed E-state index contributed by atoms with van der Waals surface area (Å²) in [6.07, 6.45) is 0.887. The molecule has 0 bridgehead atoms. The van der Waals surface area contributed by atoms with Crippen molar-refractivity contribution in [2.75, 3.05) is 7.11 Å². The maximum absolute atomic E-state index is 10.8. The third-order valence-electron chi connectivity index (χ3n) is 3.07. The molecule has 0 aromatic heterocycles. The van der Waals surface area contributed by atoms with E-state index in [0.717, 1.165) is 34.3 Å². The SMILES string of the molecule is COc1ccc(-c2c(C)cc(C=O)cc2C)cc1. The van der Waals surface area contributed by atoms with E-state index in [1.165, 1.54) is 5.56 Å². The molecule has 0 aliphatic rings. The highest BCUT2D eigenvalue weighted by Crippen LogP contribution is 2.29. The molecule has 0 aliphatic heterocycles.